The molecule has 1 aromatic heterocycles. The van der Waals surface area contributed by atoms with Crippen LogP contribution in [-0.2, 0) is 6.42 Å². The van der Waals surface area contributed by atoms with Gasteiger partial charge in [0.25, 0.3) is 0 Å². The van der Waals surface area contributed by atoms with E-state index in [2.05, 4.69) is 37.5 Å². The SMILES string of the molecule is CCCNC(c1sccc1CC)C1CCCC(CC)C1. The molecule has 0 aliphatic heterocycles. The predicted octanol–water partition coefficient (Wildman–Crippen LogP) is 5.57. The average molecular weight is 294 g/mol. The Hall–Kier alpha value is -0.340. The molecule has 1 N–H and O–H groups in total. The smallest absolute Gasteiger partial charge is 0.0446 e. The van der Waals surface area contributed by atoms with E-state index >= 15 is 0 Å². The fraction of sp³-hybridized carbons (Fsp3) is 0.778. The maximum atomic E-state index is 3.87. The number of nitrogens with one attached hydrogen (secondary N) is 1. The Morgan fingerprint density at radius 1 is 1.30 bits per heavy atom. The van der Waals surface area contributed by atoms with Crippen molar-refractivity contribution in [2.45, 2.75) is 71.8 Å². The first-order valence-corrected chi connectivity index (χ1v) is 9.47. The third-order valence-electron chi connectivity index (χ3n) is 4.93. The molecule has 1 aliphatic rings. The molecule has 2 heteroatoms. The molecular weight excluding hydrogens is 262 g/mol. The standard InChI is InChI=1S/C18H31NS/c1-4-11-19-17(18-15(6-3)10-12-20-18)16-9-7-8-14(5-2)13-16/h10,12,14,16-17,19H,4-9,11,13H2,1-3H3. The van der Waals surface area contributed by atoms with Crippen molar-refractivity contribution in [2.75, 3.05) is 6.54 Å². The molecule has 2 rings (SSSR count). The van der Waals surface area contributed by atoms with Gasteiger partial charge in [-0.1, -0.05) is 40.0 Å². The molecule has 1 fully saturated rings. The molecule has 0 saturated heterocycles. The maximum absolute atomic E-state index is 3.87. The Bertz CT molecular complexity index is 385. The summed E-state index contributed by atoms with van der Waals surface area (Å²) in [5, 5.41) is 6.16. The van der Waals surface area contributed by atoms with Crippen LogP contribution in [0.25, 0.3) is 0 Å². The second kappa shape index (κ2) is 8.19. The number of rotatable bonds is 7. The van der Waals surface area contributed by atoms with Gasteiger partial charge in [-0.05, 0) is 61.1 Å². The highest BCUT2D eigenvalue weighted by Crippen LogP contribution is 2.41. The van der Waals surface area contributed by atoms with Gasteiger partial charge in [0, 0.05) is 10.9 Å². The quantitative estimate of drug-likeness (QED) is 0.693. The monoisotopic (exact) mass is 293 g/mol. The van der Waals surface area contributed by atoms with Crippen molar-refractivity contribution in [3.63, 3.8) is 0 Å². The second-order valence-electron chi connectivity index (χ2n) is 6.30. The van der Waals surface area contributed by atoms with Crippen molar-refractivity contribution >= 4 is 11.3 Å². The van der Waals surface area contributed by atoms with E-state index in [1.54, 1.807) is 10.4 Å². The molecule has 1 heterocycles. The average Bonchev–Trinajstić information content (AvgIpc) is 2.96. The van der Waals surface area contributed by atoms with Crippen LogP contribution in [0, 0.1) is 11.8 Å². The molecule has 1 aromatic rings. The lowest BCUT2D eigenvalue weighted by Gasteiger charge is -2.35. The van der Waals surface area contributed by atoms with Gasteiger partial charge >= 0.3 is 0 Å². The molecule has 0 bridgehead atoms. The second-order valence-corrected chi connectivity index (χ2v) is 7.24. The van der Waals surface area contributed by atoms with Crippen molar-refractivity contribution in [1.29, 1.82) is 0 Å². The van der Waals surface area contributed by atoms with E-state index in [0.29, 0.717) is 6.04 Å². The molecule has 3 unspecified atom stereocenters. The molecule has 0 aromatic carbocycles. The third-order valence-corrected chi connectivity index (χ3v) is 5.97. The van der Waals surface area contributed by atoms with Crippen LogP contribution in [0.3, 0.4) is 0 Å². The zero-order valence-electron chi connectivity index (χ0n) is 13.5. The van der Waals surface area contributed by atoms with Gasteiger partial charge in [0.2, 0.25) is 0 Å². The Balaban J connectivity index is 2.14. The van der Waals surface area contributed by atoms with E-state index in [4.69, 9.17) is 0 Å². The van der Waals surface area contributed by atoms with E-state index in [9.17, 15) is 0 Å². The Morgan fingerprint density at radius 2 is 2.15 bits per heavy atom. The highest BCUT2D eigenvalue weighted by molar-refractivity contribution is 7.10. The molecule has 1 nitrogen and oxygen atoms in total. The lowest BCUT2D eigenvalue weighted by Crippen LogP contribution is -2.32. The zero-order chi connectivity index (χ0) is 14.4. The fourth-order valence-corrected chi connectivity index (χ4v) is 4.86. The van der Waals surface area contributed by atoms with Crippen LogP contribution in [0.2, 0.25) is 0 Å². The molecule has 0 radical (unpaired) electrons. The Labute approximate surface area is 129 Å². The van der Waals surface area contributed by atoms with Gasteiger partial charge < -0.3 is 5.32 Å². The van der Waals surface area contributed by atoms with E-state index in [1.807, 2.05) is 11.3 Å². The van der Waals surface area contributed by atoms with E-state index in [-0.39, 0.29) is 0 Å². The Morgan fingerprint density at radius 3 is 2.85 bits per heavy atom. The van der Waals surface area contributed by atoms with Gasteiger partial charge in [-0.25, -0.2) is 0 Å². The van der Waals surface area contributed by atoms with E-state index in [0.717, 1.165) is 18.4 Å². The van der Waals surface area contributed by atoms with E-state index < -0.39 is 0 Å². The molecule has 1 aliphatic carbocycles. The first-order valence-electron chi connectivity index (χ1n) is 8.59. The van der Waals surface area contributed by atoms with Crippen LogP contribution in [0.5, 0.6) is 0 Å². The first kappa shape index (κ1) is 16.0. The minimum Gasteiger partial charge on any atom is -0.309 e. The molecule has 1 saturated carbocycles. The number of hydrogen-bond donors (Lipinski definition) is 1. The van der Waals surface area contributed by atoms with Gasteiger partial charge in [-0.15, -0.1) is 11.3 Å². The lowest BCUT2D eigenvalue weighted by molar-refractivity contribution is 0.210. The number of thiophene rings is 1. The van der Waals surface area contributed by atoms with Crippen molar-refractivity contribution in [3.8, 4) is 0 Å². The number of hydrogen-bond acceptors (Lipinski definition) is 2. The first-order chi connectivity index (χ1) is 9.80. The third kappa shape index (κ3) is 3.85. The molecule has 0 amide bonds. The van der Waals surface area contributed by atoms with Crippen LogP contribution in [0.4, 0.5) is 0 Å². The molecule has 20 heavy (non-hydrogen) atoms. The van der Waals surface area contributed by atoms with Crippen molar-refractivity contribution < 1.29 is 0 Å². The summed E-state index contributed by atoms with van der Waals surface area (Å²) in [5.74, 6) is 1.81. The van der Waals surface area contributed by atoms with Crippen LogP contribution in [0.1, 0.15) is 75.8 Å². The topological polar surface area (TPSA) is 12.0 Å². The molecular formula is C18H31NS. The highest BCUT2D eigenvalue weighted by atomic mass is 32.1. The fourth-order valence-electron chi connectivity index (χ4n) is 3.69. The van der Waals surface area contributed by atoms with Crippen LogP contribution < -0.4 is 5.32 Å². The summed E-state index contributed by atoms with van der Waals surface area (Å²) < 4.78 is 0. The van der Waals surface area contributed by atoms with Crippen LogP contribution in [-0.4, -0.2) is 6.54 Å². The van der Waals surface area contributed by atoms with Crippen molar-refractivity contribution in [1.82, 2.24) is 5.32 Å². The minimum atomic E-state index is 0.610. The van der Waals surface area contributed by atoms with Crippen LogP contribution >= 0.6 is 11.3 Å². The summed E-state index contributed by atoms with van der Waals surface area (Å²) in [7, 11) is 0. The van der Waals surface area contributed by atoms with Gasteiger partial charge in [-0.3, -0.25) is 0 Å². The van der Waals surface area contributed by atoms with E-state index in [1.165, 1.54) is 44.9 Å². The van der Waals surface area contributed by atoms with Gasteiger partial charge in [-0.2, -0.15) is 0 Å². The summed E-state index contributed by atoms with van der Waals surface area (Å²) in [5.41, 5.74) is 1.57. The van der Waals surface area contributed by atoms with Gasteiger partial charge in [0.15, 0.2) is 0 Å². The van der Waals surface area contributed by atoms with Gasteiger partial charge in [0.1, 0.15) is 0 Å². The Kier molecular flexibility index (Phi) is 6.57. The molecule has 0 spiro atoms. The minimum absolute atomic E-state index is 0.610. The summed E-state index contributed by atoms with van der Waals surface area (Å²) in [4.78, 5) is 1.63. The van der Waals surface area contributed by atoms with Crippen molar-refractivity contribution in [2.24, 2.45) is 11.8 Å². The highest BCUT2D eigenvalue weighted by Gasteiger charge is 2.30. The normalized spacial score (nSPS) is 24.8. The summed E-state index contributed by atoms with van der Waals surface area (Å²) in [6.45, 7) is 8.08. The largest absolute Gasteiger partial charge is 0.309 e. The maximum Gasteiger partial charge on any atom is 0.0446 e. The predicted molar refractivity (Wildman–Crippen MR) is 90.5 cm³/mol. The van der Waals surface area contributed by atoms with Gasteiger partial charge in [0.05, 0.1) is 0 Å². The van der Waals surface area contributed by atoms with Crippen LogP contribution in [0.15, 0.2) is 11.4 Å². The summed E-state index contributed by atoms with van der Waals surface area (Å²) >= 11 is 1.97. The lowest BCUT2D eigenvalue weighted by atomic mass is 9.76. The van der Waals surface area contributed by atoms with Crippen molar-refractivity contribution in [3.05, 3.63) is 21.9 Å². The molecule has 114 valence electrons. The summed E-state index contributed by atoms with van der Waals surface area (Å²) in [6.07, 6.45) is 9.50. The number of aryl methyl sites for hydroxylation is 1. The summed E-state index contributed by atoms with van der Waals surface area (Å²) in [6, 6.07) is 2.94. The molecule has 3 atom stereocenters. The zero-order valence-corrected chi connectivity index (χ0v) is 14.3.